The van der Waals surface area contributed by atoms with E-state index in [9.17, 15) is 9.18 Å². The molecule has 0 aliphatic heterocycles. The molecule has 27 heavy (non-hydrogen) atoms. The van der Waals surface area contributed by atoms with Gasteiger partial charge in [-0.25, -0.2) is 9.07 Å². The number of aromatic nitrogens is 2. The van der Waals surface area contributed by atoms with Gasteiger partial charge in [-0.2, -0.15) is 5.10 Å². The number of nitrogens with one attached hydrogen (secondary N) is 1. The van der Waals surface area contributed by atoms with E-state index >= 15 is 0 Å². The van der Waals surface area contributed by atoms with Crippen molar-refractivity contribution in [1.82, 2.24) is 9.78 Å². The Morgan fingerprint density at radius 3 is 2.81 bits per heavy atom. The molecule has 136 valence electrons. The van der Waals surface area contributed by atoms with E-state index in [4.69, 9.17) is 16.0 Å². The van der Waals surface area contributed by atoms with Gasteiger partial charge in [0.05, 0.1) is 12.7 Å². The summed E-state index contributed by atoms with van der Waals surface area (Å²) in [7, 11) is 0. The van der Waals surface area contributed by atoms with E-state index in [2.05, 4.69) is 10.4 Å². The summed E-state index contributed by atoms with van der Waals surface area (Å²) in [6.07, 6.45) is 1.58. The SMILES string of the molecule is Cc1c(C(=O)Nc2ccnn2Cc2ccccc2Cl)oc2c(F)cccc12. The van der Waals surface area contributed by atoms with Crippen molar-refractivity contribution < 1.29 is 13.6 Å². The van der Waals surface area contributed by atoms with Gasteiger partial charge in [0.2, 0.25) is 0 Å². The standard InChI is InChI=1S/C20H15ClFN3O2/c1-12-14-6-4-8-16(22)19(14)27-18(12)20(26)24-17-9-10-23-25(17)11-13-5-2-3-7-15(13)21/h2-10H,11H2,1H3,(H,24,26). The molecule has 4 rings (SSSR count). The first-order chi connectivity index (χ1) is 13.0. The van der Waals surface area contributed by atoms with E-state index < -0.39 is 11.7 Å². The second-order valence-electron chi connectivity index (χ2n) is 6.09. The lowest BCUT2D eigenvalue weighted by Gasteiger charge is -2.09. The Morgan fingerprint density at radius 1 is 1.22 bits per heavy atom. The Morgan fingerprint density at radius 2 is 2.04 bits per heavy atom. The topological polar surface area (TPSA) is 60.1 Å². The van der Waals surface area contributed by atoms with Gasteiger partial charge in [0.1, 0.15) is 5.82 Å². The maximum absolute atomic E-state index is 13.9. The van der Waals surface area contributed by atoms with Crippen LogP contribution in [0.5, 0.6) is 0 Å². The van der Waals surface area contributed by atoms with Gasteiger partial charge in [0.25, 0.3) is 5.91 Å². The maximum atomic E-state index is 13.9. The van der Waals surface area contributed by atoms with E-state index in [1.807, 2.05) is 18.2 Å². The molecule has 5 nitrogen and oxygen atoms in total. The lowest BCUT2D eigenvalue weighted by molar-refractivity contribution is 0.0996. The maximum Gasteiger partial charge on any atom is 0.292 e. The van der Waals surface area contributed by atoms with Crippen molar-refractivity contribution in [2.45, 2.75) is 13.5 Å². The molecule has 2 heterocycles. The summed E-state index contributed by atoms with van der Waals surface area (Å²) in [5.41, 5.74) is 1.53. The van der Waals surface area contributed by atoms with Gasteiger partial charge in [-0.1, -0.05) is 41.9 Å². The van der Waals surface area contributed by atoms with Crippen LogP contribution in [0.2, 0.25) is 5.02 Å². The van der Waals surface area contributed by atoms with Crippen LogP contribution in [0.1, 0.15) is 21.7 Å². The smallest absolute Gasteiger partial charge is 0.292 e. The number of carbonyl (C=O) groups is 1. The van der Waals surface area contributed by atoms with Crippen molar-refractivity contribution in [2.75, 3.05) is 5.32 Å². The van der Waals surface area contributed by atoms with Crippen molar-refractivity contribution in [2.24, 2.45) is 0 Å². The molecule has 0 saturated carbocycles. The largest absolute Gasteiger partial charge is 0.448 e. The molecule has 0 aliphatic carbocycles. The van der Waals surface area contributed by atoms with Crippen LogP contribution in [-0.2, 0) is 6.54 Å². The highest BCUT2D eigenvalue weighted by atomic mass is 35.5. The molecule has 0 atom stereocenters. The Balaban J connectivity index is 1.62. The Hall–Kier alpha value is -3.12. The number of hydrogen-bond acceptors (Lipinski definition) is 3. The van der Waals surface area contributed by atoms with Crippen molar-refractivity contribution in [3.05, 3.63) is 82.5 Å². The van der Waals surface area contributed by atoms with Gasteiger partial charge < -0.3 is 9.73 Å². The quantitative estimate of drug-likeness (QED) is 0.537. The summed E-state index contributed by atoms with van der Waals surface area (Å²) in [4.78, 5) is 12.7. The molecule has 0 aliphatic rings. The third-order valence-corrected chi connectivity index (χ3v) is 4.73. The number of fused-ring (bicyclic) bond motifs is 1. The predicted molar refractivity (Wildman–Crippen MR) is 102 cm³/mol. The minimum Gasteiger partial charge on any atom is -0.448 e. The van der Waals surface area contributed by atoms with Gasteiger partial charge in [-0.3, -0.25) is 4.79 Å². The van der Waals surface area contributed by atoms with E-state index in [-0.39, 0.29) is 11.3 Å². The van der Waals surface area contributed by atoms with Crippen LogP contribution in [0.3, 0.4) is 0 Å². The first kappa shape index (κ1) is 17.3. The molecule has 0 unspecified atom stereocenters. The summed E-state index contributed by atoms with van der Waals surface area (Å²) in [5.74, 6) is -0.414. The van der Waals surface area contributed by atoms with Crippen LogP contribution >= 0.6 is 11.6 Å². The molecule has 2 aromatic carbocycles. The van der Waals surface area contributed by atoms with Crippen molar-refractivity contribution in [3.8, 4) is 0 Å². The molecule has 7 heteroatoms. The minimum atomic E-state index is -0.501. The summed E-state index contributed by atoms with van der Waals surface area (Å²) in [6.45, 7) is 2.12. The van der Waals surface area contributed by atoms with Gasteiger partial charge in [0.15, 0.2) is 17.2 Å². The fraction of sp³-hybridized carbons (Fsp3) is 0.100. The molecular weight excluding hydrogens is 369 g/mol. The zero-order chi connectivity index (χ0) is 19.0. The Kier molecular flexibility index (Phi) is 4.41. The lowest BCUT2D eigenvalue weighted by atomic mass is 10.1. The Labute approximate surface area is 159 Å². The number of rotatable bonds is 4. The zero-order valence-electron chi connectivity index (χ0n) is 14.4. The summed E-state index contributed by atoms with van der Waals surface area (Å²) in [6, 6.07) is 13.7. The average molecular weight is 384 g/mol. The van der Waals surface area contributed by atoms with Crippen LogP contribution in [0, 0.1) is 12.7 Å². The molecule has 1 amide bonds. The third-order valence-electron chi connectivity index (χ3n) is 4.36. The monoisotopic (exact) mass is 383 g/mol. The van der Waals surface area contributed by atoms with Gasteiger partial charge in [-0.15, -0.1) is 0 Å². The fourth-order valence-electron chi connectivity index (χ4n) is 2.95. The number of carbonyl (C=O) groups excluding carboxylic acids is 1. The highest BCUT2D eigenvalue weighted by Gasteiger charge is 2.20. The number of furan rings is 1. The van der Waals surface area contributed by atoms with E-state index in [1.54, 1.807) is 42.1 Å². The van der Waals surface area contributed by atoms with Gasteiger partial charge in [0, 0.05) is 22.0 Å². The van der Waals surface area contributed by atoms with Crippen molar-refractivity contribution in [1.29, 1.82) is 0 Å². The van der Waals surface area contributed by atoms with Crippen LogP contribution in [-0.4, -0.2) is 15.7 Å². The fourth-order valence-corrected chi connectivity index (χ4v) is 3.15. The average Bonchev–Trinajstić information content (AvgIpc) is 3.22. The normalized spacial score (nSPS) is 11.1. The second kappa shape index (κ2) is 6.89. The molecule has 0 fully saturated rings. The van der Waals surface area contributed by atoms with Crippen molar-refractivity contribution >= 4 is 34.3 Å². The molecule has 0 radical (unpaired) electrons. The van der Waals surface area contributed by atoms with Crippen LogP contribution in [0.15, 0.2) is 59.1 Å². The zero-order valence-corrected chi connectivity index (χ0v) is 15.1. The van der Waals surface area contributed by atoms with Gasteiger partial charge in [-0.05, 0) is 24.6 Å². The number of benzene rings is 2. The number of anilines is 1. The van der Waals surface area contributed by atoms with E-state index in [1.165, 1.54) is 6.07 Å². The molecule has 2 aromatic heterocycles. The molecule has 0 bridgehead atoms. The number of nitrogens with zero attached hydrogens (tertiary/aromatic N) is 2. The third kappa shape index (κ3) is 3.19. The van der Waals surface area contributed by atoms with Gasteiger partial charge >= 0.3 is 0 Å². The summed E-state index contributed by atoms with van der Waals surface area (Å²) < 4.78 is 21.0. The van der Waals surface area contributed by atoms with E-state index in [0.29, 0.717) is 28.3 Å². The Bertz CT molecular complexity index is 1150. The lowest BCUT2D eigenvalue weighted by Crippen LogP contribution is -2.16. The molecule has 1 N–H and O–H groups in total. The minimum absolute atomic E-state index is 0.0700. The first-order valence-corrected chi connectivity index (χ1v) is 8.66. The number of amides is 1. The van der Waals surface area contributed by atoms with E-state index in [0.717, 1.165) is 5.56 Å². The number of halogens is 2. The first-order valence-electron chi connectivity index (χ1n) is 8.29. The number of para-hydroxylation sites is 1. The molecule has 0 saturated heterocycles. The van der Waals surface area contributed by atoms with Crippen LogP contribution in [0.25, 0.3) is 11.0 Å². The molecular formula is C20H15ClFN3O2. The molecule has 4 aromatic rings. The predicted octanol–water partition coefficient (Wildman–Crippen LogP) is 5.03. The highest BCUT2D eigenvalue weighted by Crippen LogP contribution is 2.28. The van der Waals surface area contributed by atoms with Crippen molar-refractivity contribution in [3.63, 3.8) is 0 Å². The number of aryl methyl sites for hydroxylation is 1. The molecule has 0 spiro atoms. The summed E-state index contributed by atoms with van der Waals surface area (Å²) in [5, 5.41) is 8.19. The second-order valence-corrected chi connectivity index (χ2v) is 6.50. The number of hydrogen-bond donors (Lipinski definition) is 1. The highest BCUT2D eigenvalue weighted by molar-refractivity contribution is 6.31. The van der Waals surface area contributed by atoms with Crippen LogP contribution < -0.4 is 5.32 Å². The summed E-state index contributed by atoms with van der Waals surface area (Å²) >= 11 is 6.20. The van der Waals surface area contributed by atoms with Crippen LogP contribution in [0.4, 0.5) is 10.2 Å².